The van der Waals surface area contributed by atoms with Gasteiger partial charge in [-0.1, -0.05) is 0 Å². The van der Waals surface area contributed by atoms with Crippen LogP contribution in [0, 0.1) is 5.92 Å². The van der Waals surface area contributed by atoms with Crippen molar-refractivity contribution in [1.29, 1.82) is 0 Å². The van der Waals surface area contributed by atoms with Gasteiger partial charge < -0.3 is 5.11 Å². The zero-order valence-corrected chi connectivity index (χ0v) is 9.83. The fourth-order valence-electron chi connectivity index (χ4n) is 1.44. The smallest absolute Gasteiger partial charge is 0.320 e. The van der Waals surface area contributed by atoms with Crippen LogP contribution in [0.5, 0.6) is 0 Å². The molecule has 15 heavy (non-hydrogen) atoms. The molecule has 1 N–H and O–H groups in total. The van der Waals surface area contributed by atoms with Crippen LogP contribution in [-0.2, 0) is 14.8 Å². The highest BCUT2D eigenvalue weighted by molar-refractivity contribution is 7.89. The van der Waals surface area contributed by atoms with Crippen LogP contribution in [0.3, 0.4) is 0 Å². The molecule has 0 saturated heterocycles. The first-order valence-corrected chi connectivity index (χ1v) is 6.65. The van der Waals surface area contributed by atoms with Crippen LogP contribution >= 0.6 is 0 Å². The van der Waals surface area contributed by atoms with Crippen molar-refractivity contribution in [2.45, 2.75) is 32.7 Å². The molecule has 88 valence electrons. The average molecular weight is 235 g/mol. The van der Waals surface area contributed by atoms with E-state index in [0.717, 1.165) is 12.8 Å². The molecule has 1 fully saturated rings. The number of carbonyl (C=O) groups is 1. The monoisotopic (exact) mass is 235 g/mol. The molecule has 1 aliphatic carbocycles. The Morgan fingerprint density at radius 3 is 2.33 bits per heavy atom. The summed E-state index contributed by atoms with van der Waals surface area (Å²) in [4.78, 5) is 10.4. The molecule has 0 unspecified atom stereocenters. The minimum absolute atomic E-state index is 0.171. The van der Waals surface area contributed by atoms with Crippen LogP contribution in [0.4, 0.5) is 0 Å². The zero-order chi connectivity index (χ0) is 11.6. The van der Waals surface area contributed by atoms with E-state index in [4.69, 9.17) is 5.11 Å². The third-order valence-corrected chi connectivity index (χ3v) is 4.27. The van der Waals surface area contributed by atoms with Crippen LogP contribution in [0.2, 0.25) is 0 Å². The van der Waals surface area contributed by atoms with E-state index in [1.807, 2.05) is 0 Å². The van der Waals surface area contributed by atoms with Crippen LogP contribution in [0.25, 0.3) is 0 Å². The molecular formula is C9H17NO4S. The van der Waals surface area contributed by atoms with Crippen LogP contribution < -0.4 is 0 Å². The van der Waals surface area contributed by atoms with E-state index in [-0.39, 0.29) is 6.04 Å². The summed E-state index contributed by atoms with van der Waals surface area (Å²) in [7, 11) is -3.64. The number of carboxylic acid groups (broad SMARTS) is 1. The third kappa shape index (κ3) is 3.79. The maximum Gasteiger partial charge on any atom is 0.320 e. The molecule has 0 spiro atoms. The molecule has 0 aromatic heterocycles. The van der Waals surface area contributed by atoms with Crippen LogP contribution in [0.15, 0.2) is 0 Å². The molecular weight excluding hydrogens is 218 g/mol. The summed E-state index contributed by atoms with van der Waals surface area (Å²) in [5.41, 5.74) is 0. The number of aliphatic carboxylic acids is 1. The molecule has 0 aromatic carbocycles. The molecule has 6 heteroatoms. The largest absolute Gasteiger partial charge is 0.480 e. The Kier molecular flexibility index (Phi) is 3.72. The van der Waals surface area contributed by atoms with Crippen molar-refractivity contribution in [2.24, 2.45) is 5.92 Å². The van der Waals surface area contributed by atoms with Gasteiger partial charge in [0.1, 0.15) is 0 Å². The van der Waals surface area contributed by atoms with Gasteiger partial charge in [0.05, 0.1) is 0 Å². The Morgan fingerprint density at radius 2 is 2.00 bits per heavy atom. The van der Waals surface area contributed by atoms with E-state index in [0.29, 0.717) is 12.5 Å². The molecule has 0 aliphatic heterocycles. The maximum absolute atomic E-state index is 11.7. The van der Waals surface area contributed by atoms with Crippen LogP contribution in [0.1, 0.15) is 26.7 Å². The standard InChI is InChI=1S/C9H17NO4S/c1-7(2)10(5-8-3-4-8)15(13,14)6-9(11)12/h7-8H,3-6H2,1-2H3,(H,11,12). The summed E-state index contributed by atoms with van der Waals surface area (Å²) >= 11 is 0. The Bertz CT molecular complexity index is 332. The lowest BCUT2D eigenvalue weighted by Crippen LogP contribution is -2.41. The highest BCUT2D eigenvalue weighted by Gasteiger charge is 2.33. The lowest BCUT2D eigenvalue weighted by atomic mass is 10.3. The van der Waals surface area contributed by atoms with E-state index in [9.17, 15) is 13.2 Å². The summed E-state index contributed by atoms with van der Waals surface area (Å²) in [6.45, 7) is 4.00. The molecule has 0 amide bonds. The van der Waals surface area contributed by atoms with Gasteiger partial charge in [-0.15, -0.1) is 0 Å². The number of nitrogens with zero attached hydrogens (tertiary/aromatic N) is 1. The van der Waals surface area contributed by atoms with Crippen molar-refractivity contribution in [1.82, 2.24) is 4.31 Å². The Labute approximate surface area is 90.1 Å². The van der Waals surface area contributed by atoms with Gasteiger partial charge in [-0.05, 0) is 32.6 Å². The second-order valence-electron chi connectivity index (χ2n) is 4.26. The summed E-state index contributed by atoms with van der Waals surface area (Å²) in [6, 6.07) is -0.171. The highest BCUT2D eigenvalue weighted by atomic mass is 32.2. The Balaban J connectivity index is 2.72. The zero-order valence-electron chi connectivity index (χ0n) is 9.01. The van der Waals surface area contributed by atoms with Gasteiger partial charge >= 0.3 is 5.97 Å². The van der Waals surface area contributed by atoms with Crippen molar-refractivity contribution in [3.8, 4) is 0 Å². The molecule has 1 saturated carbocycles. The fraction of sp³-hybridized carbons (Fsp3) is 0.889. The number of carboxylic acids is 1. The summed E-state index contributed by atoms with van der Waals surface area (Å²) in [6.07, 6.45) is 2.09. The SMILES string of the molecule is CC(C)N(CC1CC1)S(=O)(=O)CC(=O)O. The number of rotatable bonds is 6. The van der Waals surface area contributed by atoms with Crippen molar-refractivity contribution in [2.75, 3.05) is 12.3 Å². The van der Waals surface area contributed by atoms with Gasteiger partial charge in [0.2, 0.25) is 10.0 Å². The van der Waals surface area contributed by atoms with E-state index in [2.05, 4.69) is 0 Å². The molecule has 1 rings (SSSR count). The third-order valence-electron chi connectivity index (χ3n) is 2.37. The first-order valence-electron chi connectivity index (χ1n) is 5.04. The Morgan fingerprint density at radius 1 is 1.47 bits per heavy atom. The Hall–Kier alpha value is -0.620. The number of sulfonamides is 1. The van der Waals surface area contributed by atoms with E-state index < -0.39 is 21.7 Å². The number of hydrogen-bond donors (Lipinski definition) is 1. The normalized spacial score (nSPS) is 17.3. The predicted molar refractivity (Wildman–Crippen MR) is 56.0 cm³/mol. The van der Waals surface area contributed by atoms with Gasteiger partial charge in [0.25, 0.3) is 0 Å². The van der Waals surface area contributed by atoms with Gasteiger partial charge in [-0.2, -0.15) is 4.31 Å². The molecule has 0 heterocycles. The van der Waals surface area contributed by atoms with E-state index >= 15 is 0 Å². The maximum atomic E-state index is 11.7. The second kappa shape index (κ2) is 4.49. The second-order valence-corrected chi connectivity index (χ2v) is 6.18. The summed E-state index contributed by atoms with van der Waals surface area (Å²) < 4.78 is 24.7. The minimum Gasteiger partial charge on any atom is -0.480 e. The van der Waals surface area contributed by atoms with E-state index in [1.54, 1.807) is 13.8 Å². The number of hydrogen-bond acceptors (Lipinski definition) is 3. The van der Waals surface area contributed by atoms with Gasteiger partial charge in [-0.25, -0.2) is 8.42 Å². The molecule has 0 atom stereocenters. The minimum atomic E-state index is -3.64. The van der Waals surface area contributed by atoms with Crippen molar-refractivity contribution in [3.05, 3.63) is 0 Å². The summed E-state index contributed by atoms with van der Waals surface area (Å²) in [5, 5.41) is 8.52. The molecule has 0 bridgehead atoms. The molecule has 5 nitrogen and oxygen atoms in total. The quantitative estimate of drug-likeness (QED) is 0.728. The van der Waals surface area contributed by atoms with Gasteiger partial charge in [-0.3, -0.25) is 4.79 Å². The van der Waals surface area contributed by atoms with E-state index in [1.165, 1.54) is 4.31 Å². The topological polar surface area (TPSA) is 74.7 Å². The highest BCUT2D eigenvalue weighted by Crippen LogP contribution is 2.31. The molecule has 0 aromatic rings. The first kappa shape index (κ1) is 12.4. The fourth-order valence-corrected chi connectivity index (χ4v) is 3.00. The van der Waals surface area contributed by atoms with Crippen molar-refractivity contribution < 1.29 is 18.3 Å². The summed E-state index contributed by atoms with van der Waals surface area (Å²) in [5.74, 6) is -1.68. The van der Waals surface area contributed by atoms with Crippen LogP contribution in [-0.4, -0.2) is 42.1 Å². The van der Waals surface area contributed by atoms with Crippen molar-refractivity contribution >= 4 is 16.0 Å². The first-order chi connectivity index (χ1) is 6.83. The van der Waals surface area contributed by atoms with Crippen molar-refractivity contribution in [3.63, 3.8) is 0 Å². The lowest BCUT2D eigenvalue weighted by Gasteiger charge is -2.24. The molecule has 1 aliphatic rings. The predicted octanol–water partition coefficient (Wildman–Crippen LogP) is 0.521. The van der Waals surface area contributed by atoms with Gasteiger partial charge in [0.15, 0.2) is 5.75 Å². The van der Waals surface area contributed by atoms with Gasteiger partial charge in [0, 0.05) is 12.6 Å². The molecule has 0 radical (unpaired) electrons. The average Bonchev–Trinajstić information content (AvgIpc) is 2.78. The lowest BCUT2D eigenvalue weighted by molar-refractivity contribution is -0.134.